The number of likely N-dealkylation sites (N-methyl/N-ethyl adjacent to an activating group) is 1. The van der Waals surface area contributed by atoms with Crippen LogP contribution in [0.25, 0.3) is 11.3 Å². The highest BCUT2D eigenvalue weighted by atomic mass is 16.4. The SMILES string of the molecule is CN(C)CC(=O)N1Cc2ccc(N/C(=C3\C(=O)Nc4cc(C(=O)O)ccc43)c3ccccc3)cc2C1. The standard InChI is InChI=1S/C28H26N4O4/c1-31(2)16-24(33)32-14-19-8-10-21(12-20(19)15-32)29-26(17-6-4-3-5-7-17)25-22-11-9-18(28(35)36)13-23(22)30-27(25)34/h3-13,29H,14-16H2,1-2H3,(H,30,34)(H,35,36)/b26-25-. The molecular formula is C28H26N4O4. The van der Waals surface area contributed by atoms with Gasteiger partial charge in [-0.05, 0) is 55.1 Å². The Morgan fingerprint density at radius 1 is 0.972 bits per heavy atom. The number of nitrogens with zero attached hydrogens (tertiary/aromatic N) is 2. The molecule has 8 nitrogen and oxygen atoms in total. The lowest BCUT2D eigenvalue weighted by Gasteiger charge is -2.18. The van der Waals surface area contributed by atoms with E-state index in [0.29, 0.717) is 42.2 Å². The number of amides is 2. The predicted molar refractivity (Wildman–Crippen MR) is 138 cm³/mol. The van der Waals surface area contributed by atoms with Crippen molar-refractivity contribution < 1.29 is 19.5 Å². The van der Waals surface area contributed by atoms with Crippen LogP contribution in [-0.4, -0.2) is 53.3 Å². The van der Waals surface area contributed by atoms with E-state index in [1.165, 1.54) is 12.1 Å². The van der Waals surface area contributed by atoms with Crippen molar-refractivity contribution in [2.24, 2.45) is 0 Å². The maximum Gasteiger partial charge on any atom is 0.335 e. The van der Waals surface area contributed by atoms with Gasteiger partial charge < -0.3 is 25.5 Å². The van der Waals surface area contributed by atoms with Gasteiger partial charge in [-0.15, -0.1) is 0 Å². The van der Waals surface area contributed by atoms with E-state index < -0.39 is 5.97 Å². The summed E-state index contributed by atoms with van der Waals surface area (Å²) < 4.78 is 0. The Labute approximate surface area is 208 Å². The summed E-state index contributed by atoms with van der Waals surface area (Å²) >= 11 is 0. The first kappa shape index (κ1) is 23.3. The topological polar surface area (TPSA) is 102 Å². The van der Waals surface area contributed by atoms with Crippen molar-refractivity contribution in [1.29, 1.82) is 0 Å². The molecule has 0 radical (unpaired) electrons. The van der Waals surface area contributed by atoms with Gasteiger partial charge >= 0.3 is 5.97 Å². The number of hydrogen-bond donors (Lipinski definition) is 3. The van der Waals surface area contributed by atoms with Gasteiger partial charge in [-0.25, -0.2) is 4.79 Å². The zero-order valence-electron chi connectivity index (χ0n) is 20.0. The van der Waals surface area contributed by atoms with Crippen LogP contribution in [-0.2, 0) is 22.7 Å². The van der Waals surface area contributed by atoms with E-state index in [0.717, 1.165) is 22.4 Å². The third kappa shape index (κ3) is 4.46. The lowest BCUT2D eigenvalue weighted by Crippen LogP contribution is -2.34. The van der Waals surface area contributed by atoms with E-state index >= 15 is 0 Å². The van der Waals surface area contributed by atoms with Crippen molar-refractivity contribution in [2.45, 2.75) is 13.1 Å². The highest BCUT2D eigenvalue weighted by molar-refractivity contribution is 6.37. The second kappa shape index (κ2) is 9.31. The molecule has 0 bridgehead atoms. The van der Waals surface area contributed by atoms with Gasteiger partial charge in [0.25, 0.3) is 5.91 Å². The molecule has 182 valence electrons. The fourth-order valence-corrected chi connectivity index (χ4v) is 4.60. The number of benzene rings is 3. The molecule has 0 aliphatic carbocycles. The number of anilines is 2. The van der Waals surface area contributed by atoms with Crippen LogP contribution in [0, 0.1) is 0 Å². The smallest absolute Gasteiger partial charge is 0.335 e. The van der Waals surface area contributed by atoms with Crippen LogP contribution >= 0.6 is 0 Å². The van der Waals surface area contributed by atoms with Crippen molar-refractivity contribution in [3.63, 3.8) is 0 Å². The predicted octanol–water partition coefficient (Wildman–Crippen LogP) is 3.72. The Kier molecular flexibility index (Phi) is 6.03. The second-order valence-corrected chi connectivity index (χ2v) is 9.23. The van der Waals surface area contributed by atoms with E-state index in [4.69, 9.17) is 0 Å². The summed E-state index contributed by atoms with van der Waals surface area (Å²) in [6, 6.07) is 20.1. The number of aromatic carboxylic acids is 1. The largest absolute Gasteiger partial charge is 0.478 e. The van der Waals surface area contributed by atoms with Crippen molar-refractivity contribution in [2.75, 3.05) is 31.3 Å². The van der Waals surface area contributed by atoms with Gasteiger partial charge in [0.05, 0.1) is 29.1 Å². The molecule has 2 aliphatic heterocycles. The Bertz CT molecular complexity index is 1410. The minimum atomic E-state index is -1.05. The van der Waals surface area contributed by atoms with Crippen LogP contribution in [0.4, 0.5) is 11.4 Å². The van der Waals surface area contributed by atoms with E-state index in [-0.39, 0.29) is 17.4 Å². The summed E-state index contributed by atoms with van der Waals surface area (Å²) in [7, 11) is 3.75. The summed E-state index contributed by atoms with van der Waals surface area (Å²) in [4.78, 5) is 40.8. The molecule has 3 N–H and O–H groups in total. The van der Waals surface area contributed by atoms with Crippen LogP contribution < -0.4 is 10.6 Å². The zero-order valence-corrected chi connectivity index (χ0v) is 20.0. The van der Waals surface area contributed by atoms with E-state index in [2.05, 4.69) is 10.6 Å². The number of carbonyl (C=O) groups excluding carboxylic acids is 2. The van der Waals surface area contributed by atoms with E-state index in [9.17, 15) is 19.5 Å². The fourth-order valence-electron chi connectivity index (χ4n) is 4.60. The molecule has 0 fully saturated rings. The molecule has 2 amide bonds. The maximum atomic E-state index is 13.1. The zero-order chi connectivity index (χ0) is 25.4. The molecule has 0 unspecified atom stereocenters. The highest BCUT2D eigenvalue weighted by Gasteiger charge is 2.30. The molecule has 36 heavy (non-hydrogen) atoms. The normalized spacial score (nSPS) is 15.4. The molecule has 3 aromatic rings. The van der Waals surface area contributed by atoms with Gasteiger partial charge in [-0.3, -0.25) is 9.59 Å². The second-order valence-electron chi connectivity index (χ2n) is 9.23. The van der Waals surface area contributed by atoms with Crippen molar-refractivity contribution in [1.82, 2.24) is 9.80 Å². The summed E-state index contributed by atoms with van der Waals surface area (Å²) in [6.07, 6.45) is 0. The van der Waals surface area contributed by atoms with Gasteiger partial charge in [0.15, 0.2) is 0 Å². The fraction of sp³-hybridized carbons (Fsp3) is 0.179. The summed E-state index contributed by atoms with van der Waals surface area (Å²) in [5.41, 5.74) is 6.05. The average Bonchev–Trinajstić information content (AvgIpc) is 3.42. The first-order valence-electron chi connectivity index (χ1n) is 11.6. The summed E-state index contributed by atoms with van der Waals surface area (Å²) in [5.74, 6) is -1.28. The Hall–Kier alpha value is -4.43. The highest BCUT2D eigenvalue weighted by Crippen LogP contribution is 2.38. The maximum absolute atomic E-state index is 13.1. The summed E-state index contributed by atoms with van der Waals surface area (Å²) in [6.45, 7) is 1.48. The molecule has 0 aromatic heterocycles. The van der Waals surface area contributed by atoms with Gasteiger partial charge in [0, 0.05) is 24.3 Å². The molecule has 0 saturated heterocycles. The molecule has 3 aromatic carbocycles. The lowest BCUT2D eigenvalue weighted by atomic mass is 9.98. The van der Waals surface area contributed by atoms with Crippen LogP contribution in [0.15, 0.2) is 66.7 Å². The number of carbonyl (C=O) groups is 3. The molecule has 2 heterocycles. The average molecular weight is 483 g/mol. The van der Waals surface area contributed by atoms with Crippen molar-refractivity contribution in [3.8, 4) is 0 Å². The van der Waals surface area contributed by atoms with Crippen molar-refractivity contribution >= 4 is 40.4 Å². The van der Waals surface area contributed by atoms with Gasteiger partial charge in [0.2, 0.25) is 5.91 Å². The molecule has 0 atom stereocenters. The van der Waals surface area contributed by atoms with E-state index in [1.54, 1.807) is 6.07 Å². The molecule has 8 heteroatoms. The Morgan fingerprint density at radius 2 is 1.72 bits per heavy atom. The minimum Gasteiger partial charge on any atom is -0.478 e. The third-order valence-electron chi connectivity index (χ3n) is 6.33. The number of hydrogen-bond acceptors (Lipinski definition) is 5. The van der Waals surface area contributed by atoms with Crippen LogP contribution in [0.5, 0.6) is 0 Å². The number of fused-ring (bicyclic) bond motifs is 2. The summed E-state index contributed by atoms with van der Waals surface area (Å²) in [5, 5.41) is 15.6. The third-order valence-corrected chi connectivity index (χ3v) is 6.33. The Morgan fingerprint density at radius 3 is 2.44 bits per heavy atom. The van der Waals surface area contributed by atoms with E-state index in [1.807, 2.05) is 72.4 Å². The molecule has 0 spiro atoms. The molecular weight excluding hydrogens is 456 g/mol. The molecule has 5 rings (SSSR count). The van der Waals surface area contributed by atoms with Crippen LogP contribution in [0.1, 0.15) is 32.6 Å². The van der Waals surface area contributed by atoms with Crippen LogP contribution in [0.2, 0.25) is 0 Å². The minimum absolute atomic E-state index is 0.0813. The molecule has 0 saturated carbocycles. The Balaban J connectivity index is 1.52. The molecule has 2 aliphatic rings. The number of nitrogens with one attached hydrogen (secondary N) is 2. The first-order valence-corrected chi connectivity index (χ1v) is 11.6. The number of carboxylic acid groups (broad SMARTS) is 1. The quantitative estimate of drug-likeness (QED) is 0.463. The van der Waals surface area contributed by atoms with Crippen LogP contribution in [0.3, 0.4) is 0 Å². The number of carboxylic acids is 1. The lowest BCUT2D eigenvalue weighted by molar-refractivity contribution is -0.132. The first-order chi connectivity index (χ1) is 17.3. The monoisotopic (exact) mass is 482 g/mol. The van der Waals surface area contributed by atoms with Gasteiger partial charge in [-0.2, -0.15) is 0 Å². The van der Waals surface area contributed by atoms with Gasteiger partial charge in [-0.1, -0.05) is 42.5 Å². The van der Waals surface area contributed by atoms with Gasteiger partial charge in [0.1, 0.15) is 0 Å². The number of rotatable bonds is 6. The van der Waals surface area contributed by atoms with Crippen molar-refractivity contribution in [3.05, 3.63) is 94.5 Å².